The van der Waals surface area contributed by atoms with E-state index in [1.165, 1.54) is 0 Å². The van der Waals surface area contributed by atoms with Gasteiger partial charge in [0.15, 0.2) is 0 Å². The van der Waals surface area contributed by atoms with Crippen molar-refractivity contribution in [3.05, 3.63) is 33.4 Å². The van der Waals surface area contributed by atoms with E-state index in [1.807, 2.05) is 31.2 Å². The van der Waals surface area contributed by atoms with Crippen LogP contribution in [0.3, 0.4) is 0 Å². The van der Waals surface area contributed by atoms with E-state index in [4.69, 9.17) is 0 Å². The summed E-state index contributed by atoms with van der Waals surface area (Å²) in [6.07, 6.45) is -3.84. The van der Waals surface area contributed by atoms with E-state index in [0.717, 1.165) is 22.1 Å². The van der Waals surface area contributed by atoms with Crippen LogP contribution in [0.1, 0.15) is 37.8 Å². The lowest BCUT2D eigenvalue weighted by Gasteiger charge is -2.20. The van der Waals surface area contributed by atoms with Crippen LogP contribution in [-0.2, 0) is 0 Å². The lowest BCUT2D eigenvalue weighted by molar-refractivity contribution is -0.136. The lowest BCUT2D eigenvalue weighted by Crippen LogP contribution is -2.24. The molecule has 0 aliphatic carbocycles. The lowest BCUT2D eigenvalue weighted by atomic mass is 10.0. The van der Waals surface area contributed by atoms with E-state index in [9.17, 15) is 13.2 Å². The zero-order chi connectivity index (χ0) is 13.6. The molecule has 1 aromatic rings. The number of benzene rings is 1. The van der Waals surface area contributed by atoms with Gasteiger partial charge in [0.05, 0.1) is 0 Å². The third kappa shape index (κ3) is 6.04. The zero-order valence-electron chi connectivity index (χ0n) is 10.2. The standard InChI is InChI=1S/C13H17F3IN/c1-2-8-18-12(6-7-13(14,15)16)10-4-3-5-11(17)9-10/h3-5,9,12,18H,2,6-8H2,1H3. The van der Waals surface area contributed by atoms with Gasteiger partial charge < -0.3 is 5.32 Å². The van der Waals surface area contributed by atoms with Crippen molar-refractivity contribution < 1.29 is 13.2 Å². The van der Waals surface area contributed by atoms with Gasteiger partial charge in [-0.3, -0.25) is 0 Å². The van der Waals surface area contributed by atoms with Crippen molar-refractivity contribution in [2.24, 2.45) is 0 Å². The van der Waals surface area contributed by atoms with Gasteiger partial charge >= 0.3 is 6.18 Å². The molecule has 1 aromatic carbocycles. The minimum absolute atomic E-state index is 0.0869. The highest BCUT2D eigenvalue weighted by Gasteiger charge is 2.28. The topological polar surface area (TPSA) is 12.0 Å². The SMILES string of the molecule is CCCNC(CCC(F)(F)F)c1cccc(I)c1. The predicted molar refractivity (Wildman–Crippen MR) is 75.5 cm³/mol. The largest absolute Gasteiger partial charge is 0.389 e. The Kier molecular flexibility index (Phi) is 6.42. The van der Waals surface area contributed by atoms with Crippen LogP contribution in [0.15, 0.2) is 24.3 Å². The predicted octanol–water partition coefficient (Wildman–Crippen LogP) is 4.67. The molecule has 102 valence electrons. The molecule has 1 rings (SSSR count). The summed E-state index contributed by atoms with van der Waals surface area (Å²) >= 11 is 2.17. The molecule has 0 amide bonds. The Morgan fingerprint density at radius 3 is 2.61 bits per heavy atom. The molecule has 0 aromatic heterocycles. The van der Waals surface area contributed by atoms with Crippen LogP contribution in [0.4, 0.5) is 13.2 Å². The molecule has 1 nitrogen and oxygen atoms in total. The van der Waals surface area contributed by atoms with Crippen molar-refractivity contribution >= 4 is 22.6 Å². The van der Waals surface area contributed by atoms with Crippen molar-refractivity contribution in [3.8, 4) is 0 Å². The number of halogens is 4. The molecule has 1 N–H and O–H groups in total. The summed E-state index contributed by atoms with van der Waals surface area (Å²) in [5.74, 6) is 0. The molecule has 0 fully saturated rings. The van der Waals surface area contributed by atoms with E-state index >= 15 is 0 Å². The van der Waals surface area contributed by atoms with Gasteiger partial charge in [0.2, 0.25) is 0 Å². The van der Waals surface area contributed by atoms with E-state index in [2.05, 4.69) is 27.9 Å². The summed E-state index contributed by atoms with van der Waals surface area (Å²) < 4.78 is 38.0. The number of alkyl halides is 3. The monoisotopic (exact) mass is 371 g/mol. The van der Waals surface area contributed by atoms with Gasteiger partial charge in [-0.25, -0.2) is 0 Å². The smallest absolute Gasteiger partial charge is 0.310 e. The third-order valence-electron chi connectivity index (χ3n) is 2.61. The fraction of sp³-hybridized carbons (Fsp3) is 0.538. The fourth-order valence-electron chi connectivity index (χ4n) is 1.74. The molecular weight excluding hydrogens is 354 g/mol. The van der Waals surface area contributed by atoms with Crippen LogP contribution in [-0.4, -0.2) is 12.7 Å². The second kappa shape index (κ2) is 7.33. The summed E-state index contributed by atoms with van der Waals surface area (Å²) in [5.41, 5.74) is 0.930. The highest BCUT2D eigenvalue weighted by molar-refractivity contribution is 14.1. The Morgan fingerprint density at radius 1 is 1.33 bits per heavy atom. The van der Waals surface area contributed by atoms with Crippen molar-refractivity contribution in [2.45, 2.75) is 38.4 Å². The quantitative estimate of drug-likeness (QED) is 0.717. The Labute approximate surface area is 119 Å². The summed E-state index contributed by atoms with van der Waals surface area (Å²) in [4.78, 5) is 0. The van der Waals surface area contributed by atoms with Gasteiger partial charge in [0.1, 0.15) is 0 Å². The van der Waals surface area contributed by atoms with E-state index < -0.39 is 12.6 Å². The van der Waals surface area contributed by atoms with Crippen molar-refractivity contribution in [2.75, 3.05) is 6.54 Å². The molecule has 0 aliphatic heterocycles. The van der Waals surface area contributed by atoms with E-state index in [-0.39, 0.29) is 12.5 Å². The van der Waals surface area contributed by atoms with Crippen LogP contribution in [0.2, 0.25) is 0 Å². The van der Waals surface area contributed by atoms with Gasteiger partial charge in [-0.05, 0) is 59.7 Å². The average molecular weight is 371 g/mol. The normalized spacial score (nSPS) is 13.6. The second-order valence-corrected chi connectivity index (χ2v) is 5.46. The molecule has 1 unspecified atom stereocenters. The molecule has 0 aliphatic rings. The van der Waals surface area contributed by atoms with Gasteiger partial charge in [0, 0.05) is 16.0 Å². The van der Waals surface area contributed by atoms with Crippen LogP contribution in [0.25, 0.3) is 0 Å². The maximum absolute atomic E-state index is 12.3. The number of hydrogen-bond acceptors (Lipinski definition) is 1. The highest BCUT2D eigenvalue weighted by atomic mass is 127. The third-order valence-corrected chi connectivity index (χ3v) is 3.28. The first-order chi connectivity index (χ1) is 8.42. The molecule has 1 atom stereocenters. The van der Waals surface area contributed by atoms with Gasteiger partial charge in [0.25, 0.3) is 0 Å². The number of nitrogens with one attached hydrogen (secondary N) is 1. The van der Waals surface area contributed by atoms with E-state index in [0.29, 0.717) is 0 Å². The maximum Gasteiger partial charge on any atom is 0.389 e. The van der Waals surface area contributed by atoms with Gasteiger partial charge in [-0.2, -0.15) is 13.2 Å². The zero-order valence-corrected chi connectivity index (χ0v) is 12.4. The van der Waals surface area contributed by atoms with Crippen LogP contribution < -0.4 is 5.32 Å². The molecule has 0 heterocycles. The van der Waals surface area contributed by atoms with E-state index in [1.54, 1.807) is 0 Å². The number of hydrogen-bond donors (Lipinski definition) is 1. The molecule has 0 bridgehead atoms. The minimum Gasteiger partial charge on any atom is -0.310 e. The van der Waals surface area contributed by atoms with Crippen molar-refractivity contribution in [1.82, 2.24) is 5.32 Å². The Balaban J connectivity index is 2.71. The van der Waals surface area contributed by atoms with Gasteiger partial charge in [-0.1, -0.05) is 19.1 Å². The Morgan fingerprint density at radius 2 is 2.06 bits per heavy atom. The molecule has 0 saturated heterocycles. The molecule has 18 heavy (non-hydrogen) atoms. The van der Waals surface area contributed by atoms with Crippen LogP contribution >= 0.6 is 22.6 Å². The highest BCUT2D eigenvalue weighted by Crippen LogP contribution is 2.28. The first kappa shape index (κ1) is 15.8. The molecule has 0 radical (unpaired) electrons. The number of rotatable bonds is 6. The molecular formula is C13H17F3IN. The summed E-state index contributed by atoms with van der Waals surface area (Å²) in [7, 11) is 0. The van der Waals surface area contributed by atoms with Crippen molar-refractivity contribution in [1.29, 1.82) is 0 Å². The Bertz CT molecular complexity index is 365. The summed E-state index contributed by atoms with van der Waals surface area (Å²) in [5, 5.41) is 3.18. The van der Waals surface area contributed by atoms with Crippen molar-refractivity contribution in [3.63, 3.8) is 0 Å². The second-order valence-electron chi connectivity index (χ2n) is 4.22. The molecule has 0 saturated carbocycles. The van der Waals surface area contributed by atoms with Crippen LogP contribution in [0.5, 0.6) is 0 Å². The first-order valence-electron chi connectivity index (χ1n) is 5.98. The first-order valence-corrected chi connectivity index (χ1v) is 7.06. The fourth-order valence-corrected chi connectivity index (χ4v) is 2.30. The molecule has 0 spiro atoms. The molecule has 5 heteroatoms. The summed E-state index contributed by atoms with van der Waals surface area (Å²) in [6, 6.07) is 7.41. The maximum atomic E-state index is 12.3. The average Bonchev–Trinajstić information content (AvgIpc) is 2.28. The van der Waals surface area contributed by atoms with Gasteiger partial charge in [-0.15, -0.1) is 0 Å². The van der Waals surface area contributed by atoms with Crippen LogP contribution in [0, 0.1) is 3.57 Å². The minimum atomic E-state index is -4.09. The Hall–Kier alpha value is -0.300. The summed E-state index contributed by atoms with van der Waals surface area (Å²) in [6.45, 7) is 2.73.